The van der Waals surface area contributed by atoms with Crippen LogP contribution in [-0.2, 0) is 11.2 Å². The fraction of sp³-hybridized carbons (Fsp3) is 0.667. The van der Waals surface area contributed by atoms with Crippen LogP contribution in [0.5, 0.6) is 5.75 Å². The number of aryl methyl sites for hydroxylation is 1. The highest BCUT2D eigenvalue weighted by Gasteiger charge is 2.34. The third-order valence-corrected chi connectivity index (χ3v) is 4.84. The lowest BCUT2D eigenvalue weighted by Gasteiger charge is -2.23. The lowest BCUT2D eigenvalue weighted by Crippen LogP contribution is -2.30. The molecule has 0 bridgehead atoms. The van der Waals surface area contributed by atoms with E-state index in [-0.39, 0.29) is 12.1 Å². The number of benzene rings is 1. The zero-order chi connectivity index (χ0) is 18.0. The zero-order valence-corrected chi connectivity index (χ0v) is 15.8. The zero-order valence-electron chi connectivity index (χ0n) is 15.8. The molecule has 1 N–H and O–H groups in total. The summed E-state index contributed by atoms with van der Waals surface area (Å²) in [5, 5.41) is 9.32. The molecule has 1 unspecified atom stereocenters. The van der Waals surface area contributed by atoms with Gasteiger partial charge in [-0.2, -0.15) is 0 Å². The molecule has 0 saturated heterocycles. The van der Waals surface area contributed by atoms with Gasteiger partial charge in [0.2, 0.25) is 0 Å². The van der Waals surface area contributed by atoms with Crippen molar-refractivity contribution in [1.82, 2.24) is 0 Å². The van der Waals surface area contributed by atoms with Gasteiger partial charge in [-0.25, -0.2) is 4.99 Å². The molecule has 1 aromatic rings. The van der Waals surface area contributed by atoms with Crippen molar-refractivity contribution < 1.29 is 14.6 Å². The molecule has 1 heterocycles. The molecule has 25 heavy (non-hydrogen) atoms. The highest BCUT2D eigenvalue weighted by atomic mass is 16.5. The van der Waals surface area contributed by atoms with Crippen LogP contribution < -0.4 is 4.74 Å². The second-order valence-electron chi connectivity index (χ2n) is 7.02. The number of unbranched alkanes of at least 4 members (excludes halogenated alkanes) is 4. The Balaban J connectivity index is 1.74. The SMILES string of the molecule is CCCCCCCOc1ccc(CCC2(CCO)COC(C)=N2)cc1. The molecular formula is C21H33NO3. The number of aliphatic imine (C=N–C) groups is 1. The Morgan fingerprint density at radius 3 is 2.52 bits per heavy atom. The van der Waals surface area contributed by atoms with Gasteiger partial charge in [-0.15, -0.1) is 0 Å². The molecule has 0 amide bonds. The number of ether oxygens (including phenoxy) is 2. The number of hydrogen-bond acceptors (Lipinski definition) is 4. The quantitative estimate of drug-likeness (QED) is 0.565. The summed E-state index contributed by atoms with van der Waals surface area (Å²) in [6.45, 7) is 5.64. The van der Waals surface area contributed by atoms with Gasteiger partial charge < -0.3 is 14.6 Å². The predicted molar refractivity (Wildman–Crippen MR) is 103 cm³/mol. The Morgan fingerprint density at radius 2 is 1.88 bits per heavy atom. The molecule has 0 radical (unpaired) electrons. The average Bonchev–Trinajstić information content (AvgIpc) is 2.99. The van der Waals surface area contributed by atoms with E-state index in [1.54, 1.807) is 0 Å². The lowest BCUT2D eigenvalue weighted by atomic mass is 9.90. The van der Waals surface area contributed by atoms with Crippen LogP contribution in [0.15, 0.2) is 29.3 Å². The summed E-state index contributed by atoms with van der Waals surface area (Å²) in [6, 6.07) is 8.37. The first-order valence-electron chi connectivity index (χ1n) is 9.69. The van der Waals surface area contributed by atoms with Gasteiger partial charge in [0.1, 0.15) is 17.9 Å². The van der Waals surface area contributed by atoms with E-state index in [0.29, 0.717) is 13.0 Å². The Hall–Kier alpha value is -1.55. The minimum atomic E-state index is -0.257. The molecule has 1 aliphatic rings. The first kappa shape index (κ1) is 19.8. The second-order valence-corrected chi connectivity index (χ2v) is 7.02. The van der Waals surface area contributed by atoms with Crippen LogP contribution in [0.1, 0.15) is 64.4 Å². The molecule has 0 aromatic heterocycles. The van der Waals surface area contributed by atoms with Gasteiger partial charge in [0.05, 0.1) is 6.61 Å². The molecule has 0 saturated carbocycles. The number of nitrogens with zero attached hydrogens (tertiary/aromatic N) is 1. The third kappa shape index (κ3) is 6.69. The normalized spacial score (nSPS) is 19.6. The minimum Gasteiger partial charge on any atom is -0.494 e. The smallest absolute Gasteiger partial charge is 0.180 e. The number of rotatable bonds is 12. The van der Waals surface area contributed by atoms with Crippen LogP contribution in [0.3, 0.4) is 0 Å². The van der Waals surface area contributed by atoms with Crippen molar-refractivity contribution in [3.63, 3.8) is 0 Å². The average molecular weight is 347 g/mol. The van der Waals surface area contributed by atoms with Crippen molar-refractivity contribution >= 4 is 5.90 Å². The molecule has 0 aliphatic carbocycles. The van der Waals surface area contributed by atoms with Crippen molar-refractivity contribution in [2.24, 2.45) is 4.99 Å². The van der Waals surface area contributed by atoms with E-state index < -0.39 is 0 Å². The Morgan fingerprint density at radius 1 is 1.12 bits per heavy atom. The van der Waals surface area contributed by atoms with Crippen molar-refractivity contribution in [2.75, 3.05) is 19.8 Å². The van der Waals surface area contributed by atoms with E-state index in [0.717, 1.165) is 37.5 Å². The highest BCUT2D eigenvalue weighted by molar-refractivity contribution is 5.75. The molecule has 1 aromatic carbocycles. The van der Waals surface area contributed by atoms with Gasteiger partial charge in [-0.05, 0) is 43.4 Å². The summed E-state index contributed by atoms with van der Waals surface area (Å²) in [5.74, 6) is 1.68. The molecule has 140 valence electrons. The lowest BCUT2D eigenvalue weighted by molar-refractivity contribution is 0.188. The van der Waals surface area contributed by atoms with Crippen LogP contribution >= 0.6 is 0 Å². The fourth-order valence-corrected chi connectivity index (χ4v) is 3.25. The molecule has 4 heteroatoms. The Kier molecular flexibility index (Phi) is 8.26. The minimum absolute atomic E-state index is 0.144. The Bertz CT molecular complexity index is 526. The monoisotopic (exact) mass is 347 g/mol. The summed E-state index contributed by atoms with van der Waals surface area (Å²) >= 11 is 0. The maximum Gasteiger partial charge on any atom is 0.180 e. The maximum atomic E-state index is 9.32. The van der Waals surface area contributed by atoms with Crippen LogP contribution in [0.4, 0.5) is 0 Å². The molecule has 4 nitrogen and oxygen atoms in total. The van der Waals surface area contributed by atoms with Gasteiger partial charge in [0.15, 0.2) is 5.90 Å². The number of hydrogen-bond donors (Lipinski definition) is 1. The predicted octanol–water partition coefficient (Wildman–Crippen LogP) is 4.54. The van der Waals surface area contributed by atoms with Crippen molar-refractivity contribution in [3.05, 3.63) is 29.8 Å². The fourth-order valence-electron chi connectivity index (χ4n) is 3.25. The van der Waals surface area contributed by atoms with E-state index in [9.17, 15) is 5.11 Å². The summed E-state index contributed by atoms with van der Waals surface area (Å²) in [5.41, 5.74) is 1.01. The van der Waals surface area contributed by atoms with Gasteiger partial charge in [0.25, 0.3) is 0 Å². The van der Waals surface area contributed by atoms with Crippen LogP contribution in [0.2, 0.25) is 0 Å². The Labute approximate surface area is 152 Å². The number of aliphatic hydroxyl groups excluding tert-OH is 1. The van der Waals surface area contributed by atoms with Crippen LogP contribution in [0.25, 0.3) is 0 Å². The summed E-state index contributed by atoms with van der Waals surface area (Å²) in [6.07, 6.45) is 8.76. The highest BCUT2D eigenvalue weighted by Crippen LogP contribution is 2.28. The standard InChI is InChI=1S/C21H33NO3/c1-3-4-5-6-7-16-24-20-10-8-19(9-11-20)12-13-21(14-15-23)17-25-18(2)22-21/h8-11,23H,3-7,12-17H2,1-2H3. The summed E-state index contributed by atoms with van der Waals surface area (Å²) in [4.78, 5) is 4.62. The van der Waals surface area contributed by atoms with Crippen molar-refractivity contribution in [3.8, 4) is 5.75 Å². The van der Waals surface area contributed by atoms with E-state index >= 15 is 0 Å². The van der Waals surface area contributed by atoms with Gasteiger partial charge >= 0.3 is 0 Å². The topological polar surface area (TPSA) is 51.0 Å². The van der Waals surface area contributed by atoms with E-state index in [4.69, 9.17) is 9.47 Å². The molecule has 0 fully saturated rings. The molecule has 1 aliphatic heterocycles. The van der Waals surface area contributed by atoms with E-state index in [1.165, 1.54) is 31.2 Å². The van der Waals surface area contributed by atoms with E-state index in [2.05, 4.69) is 36.2 Å². The first-order chi connectivity index (χ1) is 12.2. The van der Waals surface area contributed by atoms with Gasteiger partial charge in [-0.3, -0.25) is 0 Å². The largest absolute Gasteiger partial charge is 0.494 e. The second kappa shape index (κ2) is 10.4. The van der Waals surface area contributed by atoms with Crippen LogP contribution in [0, 0.1) is 0 Å². The molecule has 1 atom stereocenters. The van der Waals surface area contributed by atoms with Crippen molar-refractivity contribution in [1.29, 1.82) is 0 Å². The van der Waals surface area contributed by atoms with Crippen LogP contribution in [-0.4, -0.2) is 36.4 Å². The molecule has 0 spiro atoms. The molecular weight excluding hydrogens is 314 g/mol. The first-order valence-corrected chi connectivity index (χ1v) is 9.69. The van der Waals surface area contributed by atoms with Crippen molar-refractivity contribution in [2.45, 2.75) is 70.8 Å². The summed E-state index contributed by atoms with van der Waals surface area (Å²) < 4.78 is 11.3. The molecule has 2 rings (SSSR count). The van der Waals surface area contributed by atoms with Gasteiger partial charge in [-0.1, -0.05) is 44.7 Å². The maximum absolute atomic E-state index is 9.32. The summed E-state index contributed by atoms with van der Waals surface area (Å²) in [7, 11) is 0. The third-order valence-electron chi connectivity index (χ3n) is 4.84. The van der Waals surface area contributed by atoms with Gasteiger partial charge in [0, 0.05) is 13.5 Å². The van der Waals surface area contributed by atoms with E-state index in [1.807, 2.05) is 6.92 Å². The number of aliphatic hydroxyl groups is 1.